The highest BCUT2D eigenvalue weighted by molar-refractivity contribution is 6.11. The van der Waals surface area contributed by atoms with E-state index in [9.17, 15) is 0 Å². The van der Waals surface area contributed by atoms with Crippen molar-refractivity contribution >= 4 is 65.7 Å². The summed E-state index contributed by atoms with van der Waals surface area (Å²) in [6.45, 7) is 0. The summed E-state index contributed by atoms with van der Waals surface area (Å²) in [5, 5.41) is 5.95. The number of nitrogens with zero attached hydrogens (tertiary/aromatic N) is 3. The predicted molar refractivity (Wildman–Crippen MR) is 160 cm³/mol. The van der Waals surface area contributed by atoms with Crippen molar-refractivity contribution in [3.05, 3.63) is 127 Å². The van der Waals surface area contributed by atoms with Gasteiger partial charge in [0.15, 0.2) is 5.58 Å². The van der Waals surface area contributed by atoms with Crippen LogP contribution in [0.5, 0.6) is 0 Å². The Kier molecular flexibility index (Phi) is 4.02. The van der Waals surface area contributed by atoms with Crippen LogP contribution in [0, 0.1) is 0 Å². The van der Waals surface area contributed by atoms with Crippen molar-refractivity contribution in [2.75, 3.05) is 0 Å². The van der Waals surface area contributed by atoms with Crippen molar-refractivity contribution in [1.82, 2.24) is 14.1 Å². The SMILES string of the molecule is c1ccc2c(c1)c1ccccc1n2-c1ccc2oc3ccc(-n4c5ccccc5c5ccccc54)nc3c2c1. The second kappa shape index (κ2) is 7.59. The van der Waals surface area contributed by atoms with Crippen LogP contribution in [0.2, 0.25) is 0 Å². The van der Waals surface area contributed by atoms with Crippen molar-refractivity contribution in [2.45, 2.75) is 0 Å². The molecule has 0 fully saturated rings. The molecular weight excluding hydrogens is 478 g/mol. The summed E-state index contributed by atoms with van der Waals surface area (Å²) in [5.74, 6) is 0.880. The van der Waals surface area contributed by atoms with E-state index in [-0.39, 0.29) is 0 Å². The molecule has 0 unspecified atom stereocenters. The molecule has 0 N–H and O–H groups in total. The Hall–Kier alpha value is -5.35. The number of furan rings is 1. The number of pyridine rings is 1. The van der Waals surface area contributed by atoms with Crippen LogP contribution >= 0.6 is 0 Å². The molecule has 4 heterocycles. The van der Waals surface area contributed by atoms with E-state index in [0.29, 0.717) is 0 Å². The van der Waals surface area contributed by atoms with E-state index in [1.54, 1.807) is 0 Å². The summed E-state index contributed by atoms with van der Waals surface area (Å²) in [6.07, 6.45) is 0. The molecule has 9 aromatic rings. The van der Waals surface area contributed by atoms with Crippen LogP contribution in [0.25, 0.3) is 77.2 Å². The van der Waals surface area contributed by atoms with Crippen molar-refractivity contribution in [3.8, 4) is 11.5 Å². The second-order valence-corrected chi connectivity index (χ2v) is 10.0. The van der Waals surface area contributed by atoms with E-state index in [4.69, 9.17) is 9.40 Å². The van der Waals surface area contributed by atoms with Crippen molar-refractivity contribution < 1.29 is 4.42 Å². The third kappa shape index (κ3) is 2.80. The average molecular weight is 500 g/mol. The maximum absolute atomic E-state index is 6.27. The Morgan fingerprint density at radius 2 is 0.923 bits per heavy atom. The van der Waals surface area contributed by atoms with Gasteiger partial charge in [-0.05, 0) is 54.6 Å². The standard InChI is InChI=1S/C35H21N3O/c1-5-13-28-23(9-1)24-10-2-6-14-29(24)37(28)22-17-18-32-27(21-22)35-33(39-32)19-20-34(36-35)38-30-15-7-3-11-25(30)26-12-4-8-16-31(26)38/h1-21H. The zero-order chi connectivity index (χ0) is 25.5. The summed E-state index contributed by atoms with van der Waals surface area (Å²) in [6, 6.07) is 44.7. The largest absolute Gasteiger partial charge is 0.454 e. The Balaban J connectivity index is 1.32. The third-order valence-corrected chi connectivity index (χ3v) is 7.93. The molecule has 0 spiro atoms. The van der Waals surface area contributed by atoms with Crippen molar-refractivity contribution in [3.63, 3.8) is 0 Å². The second-order valence-electron chi connectivity index (χ2n) is 10.0. The number of rotatable bonds is 2. The summed E-state index contributed by atoms with van der Waals surface area (Å²) in [4.78, 5) is 5.21. The maximum Gasteiger partial charge on any atom is 0.154 e. The number of hydrogen-bond donors (Lipinski definition) is 0. The van der Waals surface area contributed by atoms with Crippen LogP contribution in [0.3, 0.4) is 0 Å². The van der Waals surface area contributed by atoms with E-state index in [0.717, 1.165) is 44.6 Å². The molecule has 0 amide bonds. The van der Waals surface area contributed by atoms with Gasteiger partial charge in [-0.3, -0.25) is 4.57 Å². The van der Waals surface area contributed by atoms with Crippen LogP contribution in [0.1, 0.15) is 0 Å². The molecule has 0 radical (unpaired) electrons. The van der Waals surface area contributed by atoms with Gasteiger partial charge in [0.05, 0.1) is 22.1 Å². The number of benzene rings is 5. The molecule has 39 heavy (non-hydrogen) atoms. The number of fused-ring (bicyclic) bond motifs is 9. The van der Waals surface area contributed by atoms with Gasteiger partial charge >= 0.3 is 0 Å². The first-order valence-corrected chi connectivity index (χ1v) is 13.2. The lowest BCUT2D eigenvalue weighted by Gasteiger charge is -2.08. The molecule has 0 atom stereocenters. The van der Waals surface area contributed by atoms with Gasteiger partial charge in [-0.1, -0.05) is 72.8 Å². The van der Waals surface area contributed by atoms with Crippen molar-refractivity contribution in [2.24, 2.45) is 0 Å². The van der Waals surface area contributed by atoms with Crippen LogP contribution in [-0.2, 0) is 0 Å². The van der Waals surface area contributed by atoms with Gasteiger partial charge in [-0.25, -0.2) is 4.98 Å². The van der Waals surface area contributed by atoms with Crippen LogP contribution < -0.4 is 0 Å². The molecule has 4 heteroatoms. The van der Waals surface area contributed by atoms with Crippen LogP contribution in [0.4, 0.5) is 0 Å². The molecule has 0 aliphatic rings. The van der Waals surface area contributed by atoms with Crippen LogP contribution in [-0.4, -0.2) is 14.1 Å². The number of aromatic nitrogens is 3. The summed E-state index contributed by atoms with van der Waals surface area (Å²) in [7, 11) is 0. The molecule has 5 aromatic carbocycles. The highest BCUT2D eigenvalue weighted by Crippen LogP contribution is 2.36. The van der Waals surface area contributed by atoms with Crippen molar-refractivity contribution in [1.29, 1.82) is 0 Å². The molecule has 0 bridgehead atoms. The molecule has 4 nitrogen and oxygen atoms in total. The minimum absolute atomic E-state index is 0.786. The zero-order valence-electron chi connectivity index (χ0n) is 20.9. The predicted octanol–water partition coefficient (Wildman–Crippen LogP) is 9.18. The monoisotopic (exact) mass is 499 g/mol. The fourth-order valence-corrected chi connectivity index (χ4v) is 6.26. The van der Waals surface area contributed by atoms with Gasteiger partial charge < -0.3 is 8.98 Å². The molecule has 9 rings (SSSR count). The fourth-order valence-electron chi connectivity index (χ4n) is 6.26. The quantitative estimate of drug-likeness (QED) is 0.238. The molecule has 182 valence electrons. The van der Waals surface area contributed by atoms with Gasteiger partial charge in [0.25, 0.3) is 0 Å². The minimum atomic E-state index is 0.786. The number of para-hydroxylation sites is 4. The first kappa shape index (κ1) is 20.7. The van der Waals surface area contributed by atoms with Gasteiger partial charge in [-0.15, -0.1) is 0 Å². The van der Waals surface area contributed by atoms with E-state index >= 15 is 0 Å². The molecular formula is C35H21N3O. The summed E-state index contributed by atoms with van der Waals surface area (Å²) < 4.78 is 10.8. The van der Waals surface area contributed by atoms with Crippen LogP contribution in [0.15, 0.2) is 132 Å². The van der Waals surface area contributed by atoms with Gasteiger partial charge in [0, 0.05) is 32.6 Å². The topological polar surface area (TPSA) is 35.9 Å². The molecule has 0 aliphatic heterocycles. The summed E-state index contributed by atoms with van der Waals surface area (Å²) in [5.41, 5.74) is 8.23. The zero-order valence-corrected chi connectivity index (χ0v) is 20.9. The van der Waals surface area contributed by atoms with E-state index in [1.807, 2.05) is 6.07 Å². The Morgan fingerprint density at radius 3 is 1.49 bits per heavy atom. The molecule has 0 saturated heterocycles. The Morgan fingerprint density at radius 1 is 0.436 bits per heavy atom. The maximum atomic E-state index is 6.27. The Bertz CT molecular complexity index is 2130. The van der Waals surface area contributed by atoms with Gasteiger partial charge in [-0.2, -0.15) is 0 Å². The fraction of sp³-hybridized carbons (Fsp3) is 0. The van der Waals surface area contributed by atoms with E-state index < -0.39 is 0 Å². The Labute approximate surface area is 222 Å². The minimum Gasteiger partial charge on any atom is -0.454 e. The molecule has 0 aliphatic carbocycles. The first-order valence-electron chi connectivity index (χ1n) is 13.2. The summed E-state index contributed by atoms with van der Waals surface area (Å²) >= 11 is 0. The normalized spacial score (nSPS) is 12.1. The van der Waals surface area contributed by atoms with E-state index in [2.05, 4.69) is 130 Å². The lowest BCUT2D eigenvalue weighted by molar-refractivity contribution is 0.668. The number of hydrogen-bond acceptors (Lipinski definition) is 2. The lowest BCUT2D eigenvalue weighted by Crippen LogP contribution is -1.97. The lowest BCUT2D eigenvalue weighted by atomic mass is 10.2. The molecule has 0 saturated carbocycles. The smallest absolute Gasteiger partial charge is 0.154 e. The van der Waals surface area contributed by atoms with E-state index in [1.165, 1.54) is 32.6 Å². The average Bonchev–Trinajstić information content (AvgIpc) is 3.64. The first-order chi connectivity index (χ1) is 19.3. The van der Waals surface area contributed by atoms with Gasteiger partial charge in [0.2, 0.25) is 0 Å². The van der Waals surface area contributed by atoms with Gasteiger partial charge in [0.1, 0.15) is 16.9 Å². The highest BCUT2D eigenvalue weighted by Gasteiger charge is 2.17. The third-order valence-electron chi connectivity index (χ3n) is 7.93. The highest BCUT2D eigenvalue weighted by atomic mass is 16.3. The molecule has 4 aromatic heterocycles.